The van der Waals surface area contributed by atoms with Crippen LogP contribution in [0.1, 0.15) is 28.7 Å². The molecule has 1 aliphatic rings. The quantitative estimate of drug-likeness (QED) is 0.349. The Balaban J connectivity index is 1.13. The maximum atomic E-state index is 8.97. The normalized spacial score (nSPS) is 12.0. The molecule has 1 aromatic heterocycles. The molecular weight excluding hydrogens is 424 g/mol. The summed E-state index contributed by atoms with van der Waals surface area (Å²) in [5.74, 6) is 1.68. The van der Waals surface area contributed by atoms with Gasteiger partial charge in [-0.15, -0.1) is 0 Å². The Morgan fingerprint density at radius 1 is 0.941 bits per heavy atom. The summed E-state index contributed by atoms with van der Waals surface area (Å²) in [6, 6.07) is 24.4. The first-order chi connectivity index (χ1) is 16.8. The van der Waals surface area contributed by atoms with Gasteiger partial charge in [-0.1, -0.05) is 36.4 Å². The van der Waals surface area contributed by atoms with Crippen molar-refractivity contribution in [2.75, 3.05) is 25.2 Å². The first-order valence-corrected chi connectivity index (χ1v) is 11.5. The molecule has 4 aromatic rings. The van der Waals surface area contributed by atoms with Crippen LogP contribution in [0.4, 0.5) is 5.69 Å². The molecule has 0 saturated carbocycles. The molecule has 0 fully saturated rings. The summed E-state index contributed by atoms with van der Waals surface area (Å²) in [6.45, 7) is 2.82. The van der Waals surface area contributed by atoms with Gasteiger partial charge in [0.05, 0.1) is 17.1 Å². The monoisotopic (exact) mass is 450 g/mol. The van der Waals surface area contributed by atoms with Gasteiger partial charge in [0.2, 0.25) is 6.79 Å². The number of nitrogens with one attached hydrogen (secondary N) is 2. The summed E-state index contributed by atoms with van der Waals surface area (Å²) in [6.07, 6.45) is 3.66. The lowest BCUT2D eigenvalue weighted by molar-refractivity contribution is 0.173. The average molecular weight is 451 g/mol. The molecule has 0 spiro atoms. The molecule has 0 radical (unpaired) electrons. The van der Waals surface area contributed by atoms with Crippen molar-refractivity contribution in [1.82, 2.24) is 10.3 Å². The van der Waals surface area contributed by atoms with Crippen LogP contribution in [-0.2, 0) is 13.0 Å². The van der Waals surface area contributed by atoms with Crippen LogP contribution in [0.15, 0.2) is 72.9 Å². The molecule has 0 aliphatic carbocycles. The second-order valence-electron chi connectivity index (χ2n) is 8.30. The summed E-state index contributed by atoms with van der Waals surface area (Å²) in [7, 11) is 0. The molecule has 1 aliphatic heterocycles. The number of pyridine rings is 1. The van der Waals surface area contributed by atoms with Gasteiger partial charge in [-0.05, 0) is 60.8 Å². The molecule has 0 atom stereocenters. The van der Waals surface area contributed by atoms with Crippen molar-refractivity contribution in [3.63, 3.8) is 0 Å². The number of hydrogen-bond donors (Lipinski definition) is 2. The zero-order valence-corrected chi connectivity index (χ0v) is 18.9. The van der Waals surface area contributed by atoms with Crippen molar-refractivity contribution >= 4 is 16.6 Å². The van der Waals surface area contributed by atoms with E-state index in [4.69, 9.17) is 14.7 Å². The van der Waals surface area contributed by atoms with Gasteiger partial charge >= 0.3 is 0 Å². The second kappa shape index (κ2) is 10.2. The summed E-state index contributed by atoms with van der Waals surface area (Å²) >= 11 is 0. The molecule has 0 unspecified atom stereocenters. The highest BCUT2D eigenvalue weighted by Gasteiger charge is 2.16. The molecule has 2 N–H and O–H groups in total. The minimum atomic E-state index is 0.299. The minimum Gasteiger partial charge on any atom is -0.454 e. The standard InChI is InChI=1S/C28H26N4O2/c29-17-21-7-5-20(6-8-21)15-22-9-10-24-25(11-14-32-26(24)16-22)31-13-2-12-30-18-23-3-1-4-27-28(23)34-19-33-27/h1,3-11,14,16,30H,2,12-13,15,18-19H2,(H,31,32). The first-order valence-electron chi connectivity index (χ1n) is 11.5. The van der Waals surface area contributed by atoms with Gasteiger partial charge in [0.1, 0.15) is 0 Å². The third-order valence-corrected chi connectivity index (χ3v) is 5.94. The number of ether oxygens (including phenoxy) is 2. The average Bonchev–Trinajstić information content (AvgIpc) is 3.36. The van der Waals surface area contributed by atoms with E-state index in [-0.39, 0.29) is 0 Å². The van der Waals surface area contributed by atoms with E-state index in [2.05, 4.69) is 46.0 Å². The molecule has 170 valence electrons. The van der Waals surface area contributed by atoms with E-state index in [0.717, 1.165) is 66.1 Å². The maximum Gasteiger partial charge on any atom is 0.231 e. The van der Waals surface area contributed by atoms with Crippen molar-refractivity contribution in [2.45, 2.75) is 19.4 Å². The van der Waals surface area contributed by atoms with Crippen LogP contribution in [0.5, 0.6) is 11.5 Å². The van der Waals surface area contributed by atoms with Crippen LogP contribution in [0.25, 0.3) is 10.9 Å². The molecule has 5 rings (SSSR count). The number of anilines is 1. The van der Waals surface area contributed by atoms with Crippen LogP contribution < -0.4 is 20.1 Å². The van der Waals surface area contributed by atoms with Crippen LogP contribution in [0.3, 0.4) is 0 Å². The summed E-state index contributed by atoms with van der Waals surface area (Å²) in [4.78, 5) is 4.57. The Hall–Kier alpha value is -4.08. The highest BCUT2D eigenvalue weighted by molar-refractivity contribution is 5.91. The Morgan fingerprint density at radius 3 is 2.71 bits per heavy atom. The number of nitrogens with zero attached hydrogens (tertiary/aromatic N) is 2. The third kappa shape index (κ3) is 4.95. The molecule has 34 heavy (non-hydrogen) atoms. The number of nitriles is 1. The molecule has 3 aromatic carbocycles. The molecule has 0 amide bonds. The van der Waals surface area contributed by atoms with Crippen LogP contribution in [0, 0.1) is 11.3 Å². The zero-order chi connectivity index (χ0) is 23.2. The fraction of sp³-hybridized carbons (Fsp3) is 0.214. The van der Waals surface area contributed by atoms with Crippen molar-refractivity contribution in [3.8, 4) is 17.6 Å². The number of aromatic nitrogens is 1. The van der Waals surface area contributed by atoms with Crippen LogP contribution in [-0.4, -0.2) is 24.9 Å². The topological polar surface area (TPSA) is 79.2 Å². The molecule has 2 heterocycles. The van der Waals surface area contributed by atoms with Gasteiger partial charge in [-0.2, -0.15) is 5.26 Å². The fourth-order valence-corrected chi connectivity index (χ4v) is 4.18. The number of benzene rings is 3. The third-order valence-electron chi connectivity index (χ3n) is 5.94. The van der Waals surface area contributed by atoms with Crippen molar-refractivity contribution < 1.29 is 9.47 Å². The van der Waals surface area contributed by atoms with E-state index < -0.39 is 0 Å². The second-order valence-corrected chi connectivity index (χ2v) is 8.30. The van der Waals surface area contributed by atoms with E-state index in [1.54, 1.807) is 0 Å². The van der Waals surface area contributed by atoms with Crippen LogP contribution in [0.2, 0.25) is 0 Å². The largest absolute Gasteiger partial charge is 0.454 e. The van der Waals surface area contributed by atoms with Crippen molar-refractivity contribution in [1.29, 1.82) is 5.26 Å². The van der Waals surface area contributed by atoms with Crippen LogP contribution >= 0.6 is 0 Å². The van der Waals surface area contributed by atoms with Gasteiger partial charge in [0.25, 0.3) is 0 Å². The zero-order valence-electron chi connectivity index (χ0n) is 18.9. The van der Waals surface area contributed by atoms with E-state index in [0.29, 0.717) is 12.4 Å². The smallest absolute Gasteiger partial charge is 0.231 e. The Bertz CT molecular complexity index is 1330. The van der Waals surface area contributed by atoms with Gasteiger partial charge in [0, 0.05) is 35.9 Å². The molecule has 0 bridgehead atoms. The van der Waals surface area contributed by atoms with Crippen molar-refractivity contribution in [3.05, 3.63) is 95.2 Å². The number of hydrogen-bond acceptors (Lipinski definition) is 6. The summed E-state index contributed by atoms with van der Waals surface area (Å²) in [5.41, 5.74) is 6.27. The lowest BCUT2D eigenvalue weighted by Crippen LogP contribution is -2.18. The summed E-state index contributed by atoms with van der Waals surface area (Å²) < 4.78 is 11.0. The van der Waals surface area contributed by atoms with Crippen molar-refractivity contribution in [2.24, 2.45) is 0 Å². The number of rotatable bonds is 9. The Morgan fingerprint density at radius 2 is 1.82 bits per heavy atom. The first kappa shape index (κ1) is 21.7. The highest BCUT2D eigenvalue weighted by atomic mass is 16.7. The minimum absolute atomic E-state index is 0.299. The van der Waals surface area contributed by atoms with Gasteiger partial charge in [0.15, 0.2) is 11.5 Å². The summed E-state index contributed by atoms with van der Waals surface area (Å²) in [5, 5.41) is 17.1. The van der Waals surface area contributed by atoms with E-state index in [1.165, 1.54) is 11.1 Å². The number of fused-ring (bicyclic) bond motifs is 2. The molecule has 0 saturated heterocycles. The van der Waals surface area contributed by atoms with E-state index in [1.807, 2.05) is 48.7 Å². The van der Waals surface area contributed by atoms with Gasteiger partial charge in [-0.3, -0.25) is 4.98 Å². The molecule has 6 nitrogen and oxygen atoms in total. The van der Waals surface area contributed by atoms with E-state index in [9.17, 15) is 0 Å². The van der Waals surface area contributed by atoms with Gasteiger partial charge < -0.3 is 20.1 Å². The highest BCUT2D eigenvalue weighted by Crippen LogP contribution is 2.35. The predicted molar refractivity (Wildman–Crippen MR) is 133 cm³/mol. The Labute approximate surface area is 199 Å². The number of para-hydroxylation sites is 1. The van der Waals surface area contributed by atoms with Gasteiger partial charge in [-0.25, -0.2) is 0 Å². The lowest BCUT2D eigenvalue weighted by Gasteiger charge is -2.11. The molecular formula is C28H26N4O2. The maximum absolute atomic E-state index is 8.97. The lowest BCUT2D eigenvalue weighted by atomic mass is 10.0. The fourth-order valence-electron chi connectivity index (χ4n) is 4.18. The molecule has 6 heteroatoms. The van der Waals surface area contributed by atoms with E-state index >= 15 is 0 Å². The SMILES string of the molecule is N#Cc1ccc(Cc2ccc3c(NCCCNCc4cccc5c4OCO5)ccnc3c2)cc1. The predicted octanol–water partition coefficient (Wildman–Crippen LogP) is 5.02. The Kier molecular flexibility index (Phi) is 6.55.